The molecule has 0 spiro atoms. The number of halogens is 1. The lowest BCUT2D eigenvalue weighted by atomic mass is 10.1. The Labute approximate surface area is 205 Å². The van der Waals surface area contributed by atoms with Gasteiger partial charge in [0.15, 0.2) is 0 Å². The van der Waals surface area contributed by atoms with Crippen molar-refractivity contribution in [3.05, 3.63) is 53.8 Å². The van der Waals surface area contributed by atoms with Crippen molar-refractivity contribution in [2.45, 2.75) is 32.9 Å². The van der Waals surface area contributed by atoms with Crippen molar-refractivity contribution in [3.63, 3.8) is 0 Å². The fraction of sp³-hybridized carbons (Fsp3) is 0.417. The summed E-state index contributed by atoms with van der Waals surface area (Å²) >= 11 is 0. The predicted molar refractivity (Wildman–Crippen MR) is 131 cm³/mol. The molecule has 0 saturated carbocycles. The molecular formula is C24H32FN3O6S. The molecule has 0 fully saturated rings. The van der Waals surface area contributed by atoms with Crippen LogP contribution in [0.5, 0.6) is 11.5 Å². The van der Waals surface area contributed by atoms with Crippen LogP contribution in [0, 0.1) is 5.82 Å². The lowest BCUT2D eigenvalue weighted by Gasteiger charge is -2.32. The highest BCUT2D eigenvalue weighted by molar-refractivity contribution is 7.92. The van der Waals surface area contributed by atoms with Crippen LogP contribution in [0.4, 0.5) is 10.1 Å². The van der Waals surface area contributed by atoms with E-state index in [1.165, 1.54) is 51.5 Å². The maximum absolute atomic E-state index is 14.4. The normalized spacial score (nSPS) is 11.9. The number of carbonyl (C=O) groups excluding carboxylic acids is 2. The second-order valence-corrected chi connectivity index (χ2v) is 9.79. The molecule has 192 valence electrons. The fourth-order valence-electron chi connectivity index (χ4n) is 3.38. The van der Waals surface area contributed by atoms with Crippen LogP contribution in [0.2, 0.25) is 0 Å². The summed E-state index contributed by atoms with van der Waals surface area (Å²) in [5.41, 5.74) is 0.289. The second kappa shape index (κ2) is 12.4. The summed E-state index contributed by atoms with van der Waals surface area (Å²) < 4.78 is 51.3. The lowest BCUT2D eigenvalue weighted by Crippen LogP contribution is -2.51. The van der Waals surface area contributed by atoms with Crippen LogP contribution < -0.4 is 19.1 Å². The van der Waals surface area contributed by atoms with Gasteiger partial charge in [-0.25, -0.2) is 12.8 Å². The SMILES string of the molecule is CCCNC(=O)C(C)N(Cc1ccccc1F)C(=O)CN(c1cc(OC)ccc1OC)S(C)(=O)=O. The number of nitrogens with one attached hydrogen (secondary N) is 1. The Hall–Kier alpha value is -3.34. The number of hydrogen-bond acceptors (Lipinski definition) is 6. The van der Waals surface area contributed by atoms with Crippen molar-refractivity contribution in [2.24, 2.45) is 0 Å². The predicted octanol–water partition coefficient (Wildman–Crippen LogP) is 2.55. The number of nitrogens with zero attached hydrogens (tertiary/aromatic N) is 2. The Morgan fingerprint density at radius 1 is 1.11 bits per heavy atom. The molecule has 1 N–H and O–H groups in total. The van der Waals surface area contributed by atoms with Crippen LogP contribution in [0.3, 0.4) is 0 Å². The molecule has 0 aliphatic carbocycles. The van der Waals surface area contributed by atoms with Crippen molar-refractivity contribution in [1.82, 2.24) is 10.2 Å². The van der Waals surface area contributed by atoms with E-state index >= 15 is 0 Å². The van der Waals surface area contributed by atoms with Gasteiger partial charge in [-0.3, -0.25) is 13.9 Å². The first-order valence-electron chi connectivity index (χ1n) is 11.0. The molecule has 2 amide bonds. The molecule has 0 aromatic heterocycles. The smallest absolute Gasteiger partial charge is 0.244 e. The van der Waals surface area contributed by atoms with Crippen molar-refractivity contribution >= 4 is 27.5 Å². The summed E-state index contributed by atoms with van der Waals surface area (Å²) in [6.07, 6.45) is 1.65. The van der Waals surface area contributed by atoms with Crippen molar-refractivity contribution in [3.8, 4) is 11.5 Å². The number of anilines is 1. The second-order valence-electron chi connectivity index (χ2n) is 7.89. The van der Waals surface area contributed by atoms with Gasteiger partial charge in [-0.2, -0.15) is 0 Å². The minimum absolute atomic E-state index is 0.0941. The molecule has 0 saturated heterocycles. The van der Waals surface area contributed by atoms with E-state index in [0.717, 1.165) is 15.5 Å². The van der Waals surface area contributed by atoms with Crippen LogP contribution in [-0.2, 0) is 26.2 Å². The topological polar surface area (TPSA) is 105 Å². The first kappa shape index (κ1) is 27.9. The first-order valence-corrected chi connectivity index (χ1v) is 12.9. The maximum atomic E-state index is 14.4. The number of methoxy groups -OCH3 is 2. The molecule has 35 heavy (non-hydrogen) atoms. The third-order valence-corrected chi connectivity index (χ3v) is 6.48. The van der Waals surface area contributed by atoms with Gasteiger partial charge in [-0.05, 0) is 31.5 Å². The number of hydrogen-bond donors (Lipinski definition) is 1. The summed E-state index contributed by atoms with van der Waals surface area (Å²) in [6, 6.07) is 9.46. The summed E-state index contributed by atoms with van der Waals surface area (Å²) in [6.45, 7) is 2.95. The highest BCUT2D eigenvalue weighted by Gasteiger charge is 2.31. The highest BCUT2D eigenvalue weighted by atomic mass is 32.2. The van der Waals surface area contributed by atoms with Gasteiger partial charge in [0.1, 0.15) is 29.9 Å². The zero-order chi connectivity index (χ0) is 26.2. The molecule has 2 aromatic carbocycles. The molecule has 1 unspecified atom stereocenters. The van der Waals surface area contributed by atoms with Gasteiger partial charge < -0.3 is 19.7 Å². The van der Waals surface area contributed by atoms with E-state index in [4.69, 9.17) is 9.47 Å². The van der Waals surface area contributed by atoms with E-state index in [9.17, 15) is 22.4 Å². The van der Waals surface area contributed by atoms with Gasteiger partial charge in [0.05, 0.1) is 26.2 Å². The molecular weight excluding hydrogens is 477 g/mol. The Morgan fingerprint density at radius 3 is 2.37 bits per heavy atom. The van der Waals surface area contributed by atoms with Gasteiger partial charge in [-0.1, -0.05) is 25.1 Å². The molecule has 11 heteroatoms. The van der Waals surface area contributed by atoms with Gasteiger partial charge in [0, 0.05) is 24.7 Å². The van der Waals surface area contributed by atoms with Crippen LogP contribution in [0.1, 0.15) is 25.8 Å². The van der Waals surface area contributed by atoms with E-state index in [0.29, 0.717) is 18.7 Å². The monoisotopic (exact) mass is 509 g/mol. The van der Waals surface area contributed by atoms with Gasteiger partial charge in [0.25, 0.3) is 0 Å². The summed E-state index contributed by atoms with van der Waals surface area (Å²) in [7, 11) is -1.17. The zero-order valence-electron chi connectivity index (χ0n) is 20.6. The van der Waals surface area contributed by atoms with Crippen molar-refractivity contribution in [1.29, 1.82) is 0 Å². The van der Waals surface area contributed by atoms with Crippen LogP contribution in [0.25, 0.3) is 0 Å². The number of rotatable bonds is 12. The zero-order valence-corrected chi connectivity index (χ0v) is 21.4. The highest BCUT2D eigenvalue weighted by Crippen LogP contribution is 2.34. The molecule has 0 aliphatic heterocycles. The number of benzene rings is 2. The van der Waals surface area contributed by atoms with Gasteiger partial charge in [0.2, 0.25) is 21.8 Å². The number of sulfonamides is 1. The van der Waals surface area contributed by atoms with Gasteiger partial charge >= 0.3 is 0 Å². The van der Waals surface area contributed by atoms with E-state index < -0.39 is 40.2 Å². The van der Waals surface area contributed by atoms with E-state index in [1.807, 2.05) is 6.92 Å². The molecule has 0 radical (unpaired) electrons. The average molecular weight is 510 g/mol. The Kier molecular flexibility index (Phi) is 9.88. The first-order chi connectivity index (χ1) is 16.5. The van der Waals surface area contributed by atoms with Crippen molar-refractivity contribution < 1.29 is 31.9 Å². The van der Waals surface area contributed by atoms with Crippen LogP contribution in [0.15, 0.2) is 42.5 Å². The summed E-state index contributed by atoms with van der Waals surface area (Å²) in [4.78, 5) is 27.4. The molecule has 0 bridgehead atoms. The summed E-state index contributed by atoms with van der Waals surface area (Å²) in [5, 5.41) is 2.72. The third-order valence-electron chi connectivity index (χ3n) is 5.35. The molecule has 9 nitrogen and oxygen atoms in total. The minimum atomic E-state index is -3.97. The fourth-order valence-corrected chi connectivity index (χ4v) is 4.22. The maximum Gasteiger partial charge on any atom is 0.244 e. The molecule has 2 rings (SSSR count). The number of ether oxygens (including phenoxy) is 2. The van der Waals surface area contributed by atoms with Crippen LogP contribution in [-0.4, -0.2) is 64.7 Å². The average Bonchev–Trinajstić information content (AvgIpc) is 2.83. The molecule has 1 atom stereocenters. The third kappa shape index (κ3) is 7.32. The van der Waals surface area contributed by atoms with E-state index in [1.54, 1.807) is 12.1 Å². The van der Waals surface area contributed by atoms with Crippen LogP contribution >= 0.6 is 0 Å². The Morgan fingerprint density at radius 2 is 1.80 bits per heavy atom. The lowest BCUT2D eigenvalue weighted by molar-refractivity contribution is -0.139. The van der Waals surface area contributed by atoms with Crippen molar-refractivity contribution in [2.75, 3.05) is 37.9 Å². The Bertz CT molecular complexity index is 1140. The molecule has 0 heterocycles. The number of carbonyl (C=O) groups is 2. The molecule has 2 aromatic rings. The number of amides is 2. The standard InChI is InChI=1S/C24H32FN3O6S/c1-6-13-26-24(30)17(2)27(15-18-9-7-8-10-20(18)25)23(29)16-28(35(5,31)32)21-14-19(33-3)11-12-22(21)34-4/h7-12,14,17H,6,13,15-16H2,1-5H3,(H,26,30). The Balaban J connectivity index is 2.48. The van der Waals surface area contributed by atoms with E-state index in [-0.39, 0.29) is 23.5 Å². The minimum Gasteiger partial charge on any atom is -0.497 e. The largest absolute Gasteiger partial charge is 0.497 e. The summed E-state index contributed by atoms with van der Waals surface area (Å²) in [5.74, 6) is -1.10. The van der Waals surface area contributed by atoms with E-state index in [2.05, 4.69) is 5.32 Å². The van der Waals surface area contributed by atoms with Gasteiger partial charge in [-0.15, -0.1) is 0 Å². The quantitative estimate of drug-likeness (QED) is 0.472. The molecule has 0 aliphatic rings.